The number of ether oxygens (including phenoxy) is 2. The lowest BCUT2D eigenvalue weighted by Crippen LogP contribution is -2.51. The Morgan fingerprint density at radius 3 is 2.60 bits per heavy atom. The number of hydrogen-bond donors (Lipinski definition) is 1. The van der Waals surface area contributed by atoms with Gasteiger partial charge in [-0.05, 0) is 85.9 Å². The lowest BCUT2D eigenvalue weighted by molar-refractivity contribution is -0.148. The van der Waals surface area contributed by atoms with Crippen molar-refractivity contribution in [3.63, 3.8) is 0 Å². The second-order valence-electron chi connectivity index (χ2n) is 12.2. The van der Waals surface area contributed by atoms with Crippen LogP contribution in [0.25, 0.3) is 0 Å². The summed E-state index contributed by atoms with van der Waals surface area (Å²) in [6.07, 6.45) is 12.4. The van der Waals surface area contributed by atoms with Crippen LogP contribution >= 0.6 is 0 Å². The average molecular weight is 488 g/mol. The number of nitrogens with one attached hydrogen (secondary N) is 1. The van der Waals surface area contributed by atoms with E-state index in [0.717, 1.165) is 32.1 Å². The van der Waals surface area contributed by atoms with Gasteiger partial charge in [0.2, 0.25) is 5.91 Å². The van der Waals surface area contributed by atoms with Crippen LogP contribution in [0.5, 0.6) is 0 Å². The lowest BCUT2D eigenvalue weighted by Gasteiger charge is -2.58. The first-order chi connectivity index (χ1) is 16.6. The molecule has 1 N–H and O–H groups in total. The molecule has 0 radical (unpaired) electrons. The summed E-state index contributed by atoms with van der Waals surface area (Å²) in [6.45, 7) is 9.08. The first-order valence-corrected chi connectivity index (χ1v) is 13.8. The summed E-state index contributed by atoms with van der Waals surface area (Å²) in [7, 11) is 1.40. The molecule has 8 atom stereocenters. The molecule has 196 valence electrons. The predicted octanol–water partition coefficient (Wildman–Crippen LogP) is 5.20. The molecular weight excluding hydrogens is 442 g/mol. The topological polar surface area (TPSA) is 81.7 Å². The van der Waals surface area contributed by atoms with Crippen LogP contribution in [0.1, 0.15) is 91.9 Å². The summed E-state index contributed by atoms with van der Waals surface area (Å²) < 4.78 is 10.3. The summed E-state index contributed by atoms with van der Waals surface area (Å²) in [4.78, 5) is 35.8. The molecule has 4 aliphatic rings. The molecule has 0 bridgehead atoms. The number of esters is 2. The predicted molar refractivity (Wildman–Crippen MR) is 134 cm³/mol. The molecule has 0 heterocycles. The smallest absolute Gasteiger partial charge is 0.305 e. The zero-order valence-electron chi connectivity index (χ0n) is 22.4. The fourth-order valence-electron chi connectivity index (χ4n) is 8.71. The van der Waals surface area contributed by atoms with Crippen LogP contribution in [0.2, 0.25) is 0 Å². The van der Waals surface area contributed by atoms with E-state index in [1.54, 1.807) is 0 Å². The van der Waals surface area contributed by atoms with E-state index in [4.69, 9.17) is 4.74 Å². The summed E-state index contributed by atoms with van der Waals surface area (Å²) in [5, 5.41) is 3.08. The summed E-state index contributed by atoms with van der Waals surface area (Å²) in [5.74, 6) is 2.18. The minimum atomic E-state index is -0.228. The fraction of sp³-hybridized carbons (Fsp3) is 0.828. The highest BCUT2D eigenvalue weighted by Gasteiger charge is 2.59. The van der Waals surface area contributed by atoms with Gasteiger partial charge in [0.25, 0.3) is 0 Å². The zero-order chi connectivity index (χ0) is 25.4. The van der Waals surface area contributed by atoms with Crippen molar-refractivity contribution in [3.8, 4) is 0 Å². The molecule has 0 aromatic heterocycles. The molecule has 3 saturated carbocycles. The Bertz CT molecular complexity index is 867. The SMILES string of the molecule is COC(=O)CCCNC(=O)[C@@H](C)[C@H]1CC[C@H]2C3CC=C4C[C@@H](OC(C)=O)CC[C@]4(C)[C@H]3CC[C@]12C. The van der Waals surface area contributed by atoms with E-state index < -0.39 is 0 Å². The molecule has 0 aromatic carbocycles. The van der Waals surface area contributed by atoms with Gasteiger partial charge in [-0.2, -0.15) is 0 Å². The number of carbonyl (C=O) groups is 3. The van der Waals surface area contributed by atoms with Crippen molar-refractivity contribution in [2.45, 2.75) is 98.0 Å². The third kappa shape index (κ3) is 4.91. The number of hydrogen-bond acceptors (Lipinski definition) is 5. The van der Waals surface area contributed by atoms with Gasteiger partial charge in [0.15, 0.2) is 0 Å². The number of carbonyl (C=O) groups excluding carboxylic acids is 3. The van der Waals surface area contributed by atoms with Crippen molar-refractivity contribution < 1.29 is 23.9 Å². The zero-order valence-corrected chi connectivity index (χ0v) is 22.4. The quantitative estimate of drug-likeness (QED) is 0.303. The number of methoxy groups -OCH3 is 1. The van der Waals surface area contributed by atoms with Crippen LogP contribution in [0, 0.1) is 40.4 Å². The maximum absolute atomic E-state index is 13.0. The van der Waals surface area contributed by atoms with Gasteiger partial charge in [0.05, 0.1) is 7.11 Å². The lowest BCUT2D eigenvalue weighted by atomic mass is 9.47. The maximum atomic E-state index is 13.0. The Balaban J connectivity index is 1.41. The Labute approximate surface area is 211 Å². The number of fused-ring (bicyclic) bond motifs is 5. The molecule has 0 saturated heterocycles. The minimum absolute atomic E-state index is 0.0101. The Hall–Kier alpha value is -1.85. The first kappa shape index (κ1) is 26.2. The third-order valence-electron chi connectivity index (χ3n) is 10.6. The number of amides is 1. The third-order valence-corrected chi connectivity index (χ3v) is 10.6. The molecule has 6 nitrogen and oxygen atoms in total. The molecule has 4 rings (SSSR count). The van der Waals surface area contributed by atoms with Gasteiger partial charge in [-0.1, -0.05) is 32.4 Å². The van der Waals surface area contributed by atoms with Gasteiger partial charge in [-0.3, -0.25) is 14.4 Å². The molecular formula is C29H45NO5. The van der Waals surface area contributed by atoms with Gasteiger partial charge in [-0.15, -0.1) is 0 Å². The van der Waals surface area contributed by atoms with Crippen LogP contribution in [0.4, 0.5) is 0 Å². The number of rotatable bonds is 7. The van der Waals surface area contributed by atoms with E-state index in [2.05, 4.69) is 36.9 Å². The molecule has 1 amide bonds. The Morgan fingerprint density at radius 1 is 1.11 bits per heavy atom. The second-order valence-corrected chi connectivity index (χ2v) is 12.2. The van der Waals surface area contributed by atoms with Crippen LogP contribution in [0.3, 0.4) is 0 Å². The average Bonchev–Trinajstić information content (AvgIpc) is 3.18. The van der Waals surface area contributed by atoms with Crippen LogP contribution < -0.4 is 5.32 Å². The minimum Gasteiger partial charge on any atom is -0.469 e. The fourth-order valence-corrected chi connectivity index (χ4v) is 8.71. The Morgan fingerprint density at radius 2 is 1.89 bits per heavy atom. The van der Waals surface area contributed by atoms with E-state index in [1.165, 1.54) is 38.9 Å². The van der Waals surface area contributed by atoms with E-state index in [0.29, 0.717) is 43.1 Å². The molecule has 1 unspecified atom stereocenters. The molecule has 0 spiro atoms. The largest absolute Gasteiger partial charge is 0.469 e. The summed E-state index contributed by atoms with van der Waals surface area (Å²) in [5.41, 5.74) is 1.96. The van der Waals surface area contributed by atoms with E-state index in [-0.39, 0.29) is 40.7 Å². The van der Waals surface area contributed by atoms with Gasteiger partial charge < -0.3 is 14.8 Å². The molecule has 6 heteroatoms. The van der Waals surface area contributed by atoms with E-state index in [1.807, 2.05) is 0 Å². The molecule has 3 fully saturated rings. The van der Waals surface area contributed by atoms with Crippen LogP contribution in [0.15, 0.2) is 11.6 Å². The van der Waals surface area contributed by atoms with Gasteiger partial charge in [0, 0.05) is 32.2 Å². The molecule has 0 aliphatic heterocycles. The maximum Gasteiger partial charge on any atom is 0.305 e. The second kappa shape index (κ2) is 10.3. The van der Waals surface area contributed by atoms with Gasteiger partial charge in [0.1, 0.15) is 6.10 Å². The van der Waals surface area contributed by atoms with Gasteiger partial charge in [-0.25, -0.2) is 0 Å². The normalized spacial score (nSPS) is 38.8. The first-order valence-electron chi connectivity index (χ1n) is 13.8. The van der Waals surface area contributed by atoms with Crippen LogP contribution in [-0.2, 0) is 23.9 Å². The van der Waals surface area contributed by atoms with Crippen molar-refractivity contribution in [1.29, 1.82) is 0 Å². The highest BCUT2D eigenvalue weighted by molar-refractivity contribution is 5.78. The van der Waals surface area contributed by atoms with Crippen LogP contribution in [-0.4, -0.2) is 37.6 Å². The van der Waals surface area contributed by atoms with E-state index >= 15 is 0 Å². The van der Waals surface area contributed by atoms with Crippen molar-refractivity contribution in [2.24, 2.45) is 40.4 Å². The standard InChI is InChI=1S/C29H45NO5/c1-18(27(33)30-16-6-7-26(32)34-5)23-10-11-24-22-9-8-20-17-21(35-19(2)31)12-14-28(20,3)25(22)13-15-29(23,24)4/h8,18,21-25H,6-7,9-17H2,1-5H3,(H,30,33)/t18-,21-,22?,23+,24-,25-,28-,29+/m0/s1. The van der Waals surface area contributed by atoms with Crippen molar-refractivity contribution in [1.82, 2.24) is 5.32 Å². The van der Waals surface area contributed by atoms with Crippen molar-refractivity contribution in [3.05, 3.63) is 11.6 Å². The summed E-state index contributed by atoms with van der Waals surface area (Å²) in [6, 6.07) is 0. The highest BCUT2D eigenvalue weighted by Crippen LogP contribution is 2.67. The number of allylic oxidation sites excluding steroid dienone is 1. The van der Waals surface area contributed by atoms with E-state index in [9.17, 15) is 14.4 Å². The highest BCUT2D eigenvalue weighted by atomic mass is 16.5. The molecule has 4 aliphatic carbocycles. The monoisotopic (exact) mass is 487 g/mol. The van der Waals surface area contributed by atoms with Crippen molar-refractivity contribution in [2.75, 3.05) is 13.7 Å². The molecule has 35 heavy (non-hydrogen) atoms. The Kier molecular flexibility index (Phi) is 7.68. The van der Waals surface area contributed by atoms with Crippen molar-refractivity contribution >= 4 is 17.8 Å². The summed E-state index contributed by atoms with van der Waals surface area (Å²) >= 11 is 0. The molecule has 0 aromatic rings. The van der Waals surface area contributed by atoms with Gasteiger partial charge >= 0.3 is 11.9 Å².